The Balaban J connectivity index is 3.59. The molecule has 0 aliphatic rings. The van der Waals surface area contributed by atoms with Crippen LogP contribution in [0.15, 0.2) is 0 Å². The van der Waals surface area contributed by atoms with Crippen molar-refractivity contribution in [3.8, 4) is 0 Å². The largest absolute Gasteiger partial charge is 0.394 e. The van der Waals surface area contributed by atoms with Crippen molar-refractivity contribution >= 4 is 5.91 Å². The zero-order valence-electron chi connectivity index (χ0n) is 41.4. The number of aliphatic hydroxyl groups is 4. The summed E-state index contributed by atoms with van der Waals surface area (Å²) >= 11 is 0. The van der Waals surface area contributed by atoms with Gasteiger partial charge in [-0.2, -0.15) is 0 Å². The van der Waals surface area contributed by atoms with E-state index in [-0.39, 0.29) is 0 Å². The molecule has 0 spiro atoms. The number of rotatable bonds is 52. The highest BCUT2D eigenvalue weighted by Gasteiger charge is 2.28. The average Bonchev–Trinajstić information content (AvgIpc) is 3.26. The van der Waals surface area contributed by atoms with Crippen LogP contribution in [0.2, 0.25) is 0 Å². The van der Waals surface area contributed by atoms with Crippen molar-refractivity contribution in [3.63, 3.8) is 0 Å². The lowest BCUT2D eigenvalue weighted by atomic mass is 9.99. The van der Waals surface area contributed by atoms with Crippen molar-refractivity contribution in [1.82, 2.24) is 5.32 Å². The van der Waals surface area contributed by atoms with Gasteiger partial charge in [0.2, 0.25) is 5.91 Å². The van der Waals surface area contributed by atoms with E-state index in [1.807, 2.05) is 0 Å². The highest BCUT2D eigenvalue weighted by Crippen LogP contribution is 2.19. The van der Waals surface area contributed by atoms with Crippen LogP contribution in [0, 0.1) is 0 Å². The van der Waals surface area contributed by atoms with E-state index in [9.17, 15) is 25.2 Å². The van der Waals surface area contributed by atoms with Crippen LogP contribution in [0.4, 0.5) is 0 Å². The van der Waals surface area contributed by atoms with Crippen LogP contribution < -0.4 is 5.32 Å². The number of hydrogen-bond acceptors (Lipinski definition) is 5. The molecular formula is C55H111NO5. The molecule has 4 atom stereocenters. The van der Waals surface area contributed by atoms with E-state index >= 15 is 0 Å². The van der Waals surface area contributed by atoms with Crippen molar-refractivity contribution in [2.24, 2.45) is 0 Å². The molecule has 61 heavy (non-hydrogen) atoms. The van der Waals surface area contributed by atoms with Gasteiger partial charge in [0.15, 0.2) is 0 Å². The summed E-state index contributed by atoms with van der Waals surface area (Å²) in [5.41, 5.74) is 0. The van der Waals surface area contributed by atoms with Crippen LogP contribution in [0.25, 0.3) is 0 Å². The first-order valence-electron chi connectivity index (χ1n) is 27.9. The minimum Gasteiger partial charge on any atom is -0.394 e. The normalized spacial score (nSPS) is 13.7. The summed E-state index contributed by atoms with van der Waals surface area (Å²) in [7, 11) is 0. The van der Waals surface area contributed by atoms with Gasteiger partial charge in [0.25, 0.3) is 0 Å². The highest BCUT2D eigenvalue weighted by atomic mass is 16.3. The van der Waals surface area contributed by atoms with Crippen molar-refractivity contribution < 1.29 is 25.2 Å². The number of hydrogen-bond donors (Lipinski definition) is 5. The van der Waals surface area contributed by atoms with Crippen LogP contribution in [0.3, 0.4) is 0 Å². The third-order valence-corrected chi connectivity index (χ3v) is 13.6. The van der Waals surface area contributed by atoms with Gasteiger partial charge in [-0.3, -0.25) is 4.79 Å². The molecule has 0 radical (unpaired) electrons. The van der Waals surface area contributed by atoms with Gasteiger partial charge in [-0.05, 0) is 12.8 Å². The van der Waals surface area contributed by atoms with Gasteiger partial charge >= 0.3 is 0 Å². The molecule has 5 N–H and O–H groups in total. The summed E-state index contributed by atoms with van der Waals surface area (Å²) < 4.78 is 0. The summed E-state index contributed by atoms with van der Waals surface area (Å²) in [5.74, 6) is -0.576. The summed E-state index contributed by atoms with van der Waals surface area (Å²) in [6.07, 6.45) is 57.4. The van der Waals surface area contributed by atoms with E-state index in [1.165, 1.54) is 250 Å². The molecule has 0 saturated carbocycles. The Morgan fingerprint density at radius 1 is 0.344 bits per heavy atom. The first-order valence-corrected chi connectivity index (χ1v) is 27.9. The molecule has 0 fully saturated rings. The molecule has 6 nitrogen and oxygen atoms in total. The predicted octanol–water partition coefficient (Wildman–Crippen LogP) is 15.9. The van der Waals surface area contributed by atoms with Crippen LogP contribution in [0.1, 0.15) is 316 Å². The van der Waals surface area contributed by atoms with Crippen LogP contribution in [0.5, 0.6) is 0 Å². The minimum atomic E-state index is -1.25. The van der Waals surface area contributed by atoms with Gasteiger partial charge in [-0.15, -0.1) is 0 Å². The van der Waals surface area contributed by atoms with Crippen molar-refractivity contribution in [1.29, 1.82) is 0 Å². The lowest BCUT2D eigenvalue weighted by molar-refractivity contribution is -0.132. The van der Waals surface area contributed by atoms with Gasteiger partial charge in [-0.1, -0.05) is 303 Å². The highest BCUT2D eigenvalue weighted by molar-refractivity contribution is 5.80. The topological polar surface area (TPSA) is 110 Å². The van der Waals surface area contributed by atoms with Gasteiger partial charge in [0.05, 0.1) is 18.8 Å². The number of unbranched alkanes of at least 4 members (excludes halogenated alkanes) is 43. The number of amides is 1. The Labute approximate surface area is 381 Å². The van der Waals surface area contributed by atoms with Crippen LogP contribution in [-0.4, -0.2) is 57.3 Å². The maximum Gasteiger partial charge on any atom is 0.249 e. The number of aliphatic hydroxyl groups excluding tert-OH is 4. The fourth-order valence-corrected chi connectivity index (χ4v) is 9.17. The van der Waals surface area contributed by atoms with Gasteiger partial charge < -0.3 is 25.7 Å². The Morgan fingerprint density at radius 3 is 0.787 bits per heavy atom. The van der Waals surface area contributed by atoms with E-state index in [1.54, 1.807) is 0 Å². The van der Waals surface area contributed by atoms with Gasteiger partial charge in [0.1, 0.15) is 12.2 Å². The molecule has 1 amide bonds. The summed E-state index contributed by atoms with van der Waals surface area (Å²) in [5, 5.41) is 44.0. The second-order valence-electron chi connectivity index (χ2n) is 19.7. The Kier molecular flexibility index (Phi) is 49.7. The van der Waals surface area contributed by atoms with Crippen molar-refractivity contribution in [2.45, 2.75) is 340 Å². The molecule has 0 aromatic carbocycles. The zero-order valence-corrected chi connectivity index (χ0v) is 41.4. The molecule has 0 aromatic rings. The molecule has 0 rings (SSSR count). The lowest BCUT2D eigenvalue weighted by Gasteiger charge is -2.27. The number of nitrogens with one attached hydrogen (secondary N) is 1. The molecule has 366 valence electrons. The first-order chi connectivity index (χ1) is 30.0. The van der Waals surface area contributed by atoms with Crippen molar-refractivity contribution in [2.75, 3.05) is 6.61 Å². The SMILES string of the molecule is CCCCCCCCCCCCCCCCCCCCCCCCCC(O)C(O)C(CO)NC(=O)C(O)CCCCCCCCCCCCCCCCCCCCCCCC. The first kappa shape index (κ1) is 60.3. The molecule has 4 unspecified atom stereocenters. The number of carbonyl (C=O) groups excluding carboxylic acids is 1. The van der Waals surface area contributed by atoms with E-state index in [4.69, 9.17) is 0 Å². The Hall–Kier alpha value is -0.690. The van der Waals surface area contributed by atoms with Gasteiger partial charge in [0, 0.05) is 0 Å². The smallest absolute Gasteiger partial charge is 0.249 e. The standard InChI is InChI=1S/C55H111NO5/c1-3-5-7-9-11-13-15-17-19-21-23-25-27-29-30-32-34-36-38-40-42-44-46-48-52(58)54(60)51(50-57)56-55(61)53(59)49-47-45-43-41-39-37-35-33-31-28-26-24-22-20-18-16-14-12-10-8-6-4-2/h51-54,57-60H,3-50H2,1-2H3,(H,56,61). The third kappa shape index (κ3) is 44.3. The van der Waals surface area contributed by atoms with E-state index < -0.39 is 36.9 Å². The maximum absolute atomic E-state index is 12.6. The summed E-state index contributed by atoms with van der Waals surface area (Å²) in [6, 6.07) is -0.980. The summed E-state index contributed by atoms with van der Waals surface area (Å²) in [6.45, 7) is 4.10. The average molecular weight is 866 g/mol. The van der Waals surface area contributed by atoms with E-state index in [0.717, 1.165) is 38.5 Å². The fraction of sp³-hybridized carbons (Fsp3) is 0.982. The molecule has 0 saturated heterocycles. The Morgan fingerprint density at radius 2 is 0.557 bits per heavy atom. The third-order valence-electron chi connectivity index (χ3n) is 13.6. The lowest BCUT2D eigenvalue weighted by Crippen LogP contribution is -2.53. The summed E-state index contributed by atoms with van der Waals surface area (Å²) in [4.78, 5) is 12.6. The fourth-order valence-electron chi connectivity index (χ4n) is 9.17. The predicted molar refractivity (Wildman–Crippen MR) is 265 cm³/mol. The van der Waals surface area contributed by atoms with Crippen LogP contribution in [-0.2, 0) is 4.79 Å². The quantitative estimate of drug-likeness (QED) is 0.0391. The molecule has 6 heteroatoms. The molecular weight excluding hydrogens is 755 g/mol. The monoisotopic (exact) mass is 866 g/mol. The molecule has 0 aliphatic heterocycles. The van der Waals surface area contributed by atoms with E-state index in [2.05, 4.69) is 19.2 Å². The second-order valence-corrected chi connectivity index (χ2v) is 19.7. The van der Waals surface area contributed by atoms with Gasteiger partial charge in [-0.25, -0.2) is 0 Å². The second kappa shape index (κ2) is 50.3. The molecule has 0 aromatic heterocycles. The molecule has 0 aliphatic carbocycles. The van der Waals surface area contributed by atoms with Crippen LogP contribution >= 0.6 is 0 Å². The zero-order chi connectivity index (χ0) is 44.5. The number of carbonyl (C=O) groups is 1. The minimum absolute atomic E-state index is 0.376. The molecule has 0 bridgehead atoms. The Bertz CT molecular complexity index is 841. The van der Waals surface area contributed by atoms with E-state index in [0.29, 0.717) is 12.8 Å². The van der Waals surface area contributed by atoms with Crippen molar-refractivity contribution in [3.05, 3.63) is 0 Å². The molecule has 0 heterocycles. The maximum atomic E-state index is 12.6.